The van der Waals surface area contributed by atoms with Crippen molar-refractivity contribution in [1.82, 2.24) is 0 Å². The molecule has 86 valence electrons. The van der Waals surface area contributed by atoms with Gasteiger partial charge >= 0.3 is 0 Å². The van der Waals surface area contributed by atoms with Crippen molar-refractivity contribution in [2.75, 3.05) is 0 Å². The Kier molecular flexibility index (Phi) is 3.25. The fourth-order valence-corrected chi connectivity index (χ4v) is 1.80. The van der Waals surface area contributed by atoms with Gasteiger partial charge in [0.25, 0.3) is 0 Å². The monoisotopic (exact) mass is 248 g/mol. The summed E-state index contributed by atoms with van der Waals surface area (Å²) in [6.07, 6.45) is 0.765. The van der Waals surface area contributed by atoms with Gasteiger partial charge in [-0.15, -0.1) is 0 Å². The molecule has 3 heteroatoms. The van der Waals surface area contributed by atoms with E-state index in [1.165, 1.54) is 12.1 Å². The minimum Gasteiger partial charge on any atom is -0.298 e. The normalized spacial score (nSPS) is 10.3. The number of carbonyl (C=O) groups is 1. The first-order chi connectivity index (χ1) is 8.11. The lowest BCUT2D eigenvalue weighted by atomic mass is 9.98. The minimum atomic E-state index is -0.484. The predicted molar refractivity (Wildman–Crippen MR) is 67.0 cm³/mol. The molecule has 0 heterocycles. The molecule has 0 fully saturated rings. The van der Waals surface area contributed by atoms with Gasteiger partial charge in [-0.2, -0.15) is 0 Å². The van der Waals surface area contributed by atoms with Gasteiger partial charge in [0.15, 0.2) is 6.29 Å². The Hall–Kier alpha value is -1.67. The number of hydrogen-bond acceptors (Lipinski definition) is 1. The second-order valence-corrected chi connectivity index (χ2v) is 4.24. The smallest absolute Gasteiger partial charge is 0.150 e. The van der Waals surface area contributed by atoms with Gasteiger partial charge in [0.1, 0.15) is 5.82 Å². The Labute approximate surface area is 104 Å². The largest absolute Gasteiger partial charge is 0.298 e. The third kappa shape index (κ3) is 2.37. The topological polar surface area (TPSA) is 17.1 Å². The highest BCUT2D eigenvalue weighted by Gasteiger charge is 2.07. The van der Waals surface area contributed by atoms with Gasteiger partial charge in [-0.05, 0) is 30.2 Å². The molecule has 0 spiro atoms. The molecule has 2 aromatic carbocycles. The number of benzene rings is 2. The zero-order chi connectivity index (χ0) is 12.4. The van der Waals surface area contributed by atoms with E-state index in [2.05, 4.69) is 0 Å². The van der Waals surface area contributed by atoms with Crippen molar-refractivity contribution >= 4 is 17.9 Å². The lowest BCUT2D eigenvalue weighted by Crippen LogP contribution is -1.90. The van der Waals surface area contributed by atoms with Crippen molar-refractivity contribution < 1.29 is 9.18 Å². The van der Waals surface area contributed by atoms with Crippen LogP contribution in [0.4, 0.5) is 4.39 Å². The summed E-state index contributed by atoms with van der Waals surface area (Å²) in [6, 6.07) is 9.95. The molecule has 0 saturated heterocycles. The van der Waals surface area contributed by atoms with E-state index in [9.17, 15) is 9.18 Å². The number of rotatable bonds is 2. The average Bonchev–Trinajstić information content (AvgIpc) is 2.32. The maximum atomic E-state index is 13.4. The van der Waals surface area contributed by atoms with E-state index in [1.807, 2.05) is 19.1 Å². The molecule has 0 saturated carbocycles. The van der Waals surface area contributed by atoms with Gasteiger partial charge in [-0.25, -0.2) is 4.39 Å². The second kappa shape index (κ2) is 4.68. The van der Waals surface area contributed by atoms with Crippen LogP contribution in [-0.2, 0) is 0 Å². The number of carbonyl (C=O) groups excluding carboxylic acids is 1. The summed E-state index contributed by atoms with van der Waals surface area (Å²) in [7, 11) is 0. The van der Waals surface area contributed by atoms with Crippen molar-refractivity contribution in [3.63, 3.8) is 0 Å². The van der Waals surface area contributed by atoms with Crippen LogP contribution in [0.5, 0.6) is 0 Å². The highest BCUT2D eigenvalue weighted by Crippen LogP contribution is 2.27. The van der Waals surface area contributed by atoms with Crippen LogP contribution < -0.4 is 0 Å². The third-order valence-electron chi connectivity index (χ3n) is 2.57. The quantitative estimate of drug-likeness (QED) is 0.726. The van der Waals surface area contributed by atoms with Gasteiger partial charge < -0.3 is 0 Å². The van der Waals surface area contributed by atoms with Crippen molar-refractivity contribution in [1.29, 1.82) is 0 Å². The maximum absolute atomic E-state index is 13.4. The van der Waals surface area contributed by atoms with Crippen LogP contribution in [0.2, 0.25) is 5.02 Å². The van der Waals surface area contributed by atoms with E-state index in [4.69, 9.17) is 11.6 Å². The standard InChI is InChI=1S/C14H10ClFO/c1-9-2-3-11(8-17)12(6-9)10-4-5-13(15)14(16)7-10/h2-8H,1H3. The highest BCUT2D eigenvalue weighted by atomic mass is 35.5. The Morgan fingerprint density at radius 1 is 1.18 bits per heavy atom. The third-order valence-corrected chi connectivity index (χ3v) is 2.87. The molecule has 0 aliphatic rings. The zero-order valence-corrected chi connectivity index (χ0v) is 9.96. The van der Waals surface area contributed by atoms with Crippen LogP contribution in [0.15, 0.2) is 36.4 Å². The number of halogens is 2. The molecule has 0 N–H and O–H groups in total. The summed E-state index contributed by atoms with van der Waals surface area (Å²) in [5.74, 6) is -0.484. The summed E-state index contributed by atoms with van der Waals surface area (Å²) < 4.78 is 13.4. The lowest BCUT2D eigenvalue weighted by Gasteiger charge is -2.07. The minimum absolute atomic E-state index is 0.0778. The van der Waals surface area contributed by atoms with Crippen molar-refractivity contribution in [2.24, 2.45) is 0 Å². The molecule has 0 bridgehead atoms. The van der Waals surface area contributed by atoms with E-state index < -0.39 is 5.82 Å². The SMILES string of the molecule is Cc1ccc(C=O)c(-c2ccc(Cl)c(F)c2)c1. The molecule has 0 aliphatic heterocycles. The molecule has 1 nitrogen and oxygen atoms in total. The molecule has 2 aromatic rings. The molecule has 0 atom stereocenters. The van der Waals surface area contributed by atoms with Gasteiger partial charge in [0.05, 0.1) is 5.02 Å². The lowest BCUT2D eigenvalue weighted by molar-refractivity contribution is 0.112. The fraction of sp³-hybridized carbons (Fsp3) is 0.0714. The molecule has 17 heavy (non-hydrogen) atoms. The van der Waals surface area contributed by atoms with Gasteiger partial charge in [0, 0.05) is 5.56 Å². The van der Waals surface area contributed by atoms with Gasteiger partial charge in [-0.1, -0.05) is 41.4 Å². The van der Waals surface area contributed by atoms with Crippen LogP contribution in [0.1, 0.15) is 15.9 Å². The van der Waals surface area contributed by atoms with Gasteiger partial charge in [-0.3, -0.25) is 4.79 Å². The van der Waals surface area contributed by atoms with Crippen LogP contribution in [0.3, 0.4) is 0 Å². The summed E-state index contributed by atoms with van der Waals surface area (Å²) in [6.45, 7) is 1.92. The molecule has 0 amide bonds. The number of aryl methyl sites for hydroxylation is 1. The summed E-state index contributed by atoms with van der Waals surface area (Å²) in [4.78, 5) is 10.9. The van der Waals surface area contributed by atoms with Gasteiger partial charge in [0.2, 0.25) is 0 Å². The first kappa shape index (κ1) is 11.8. The molecule has 0 radical (unpaired) electrons. The van der Waals surface area contributed by atoms with Crippen LogP contribution in [-0.4, -0.2) is 6.29 Å². The molecular formula is C14H10ClFO. The summed E-state index contributed by atoms with van der Waals surface area (Å²) in [5.41, 5.74) is 2.92. The van der Waals surface area contributed by atoms with Crippen molar-refractivity contribution in [3.05, 3.63) is 58.4 Å². The van der Waals surface area contributed by atoms with Crippen LogP contribution >= 0.6 is 11.6 Å². The van der Waals surface area contributed by atoms with Crippen molar-refractivity contribution in [3.8, 4) is 11.1 Å². The molecule has 0 unspecified atom stereocenters. The summed E-state index contributed by atoms with van der Waals surface area (Å²) >= 11 is 5.63. The number of aldehydes is 1. The Bertz CT molecular complexity index is 578. The first-order valence-corrected chi connectivity index (χ1v) is 5.51. The molecule has 2 rings (SSSR count). The van der Waals surface area contributed by atoms with Crippen molar-refractivity contribution in [2.45, 2.75) is 6.92 Å². The van der Waals surface area contributed by atoms with E-state index in [0.29, 0.717) is 11.1 Å². The molecule has 0 aliphatic carbocycles. The Balaban J connectivity index is 2.62. The number of hydrogen-bond donors (Lipinski definition) is 0. The van der Waals surface area contributed by atoms with E-state index in [-0.39, 0.29) is 5.02 Å². The van der Waals surface area contributed by atoms with E-state index in [1.54, 1.807) is 12.1 Å². The van der Waals surface area contributed by atoms with E-state index in [0.717, 1.165) is 17.4 Å². The average molecular weight is 249 g/mol. The van der Waals surface area contributed by atoms with Crippen LogP contribution in [0.25, 0.3) is 11.1 Å². The molecule has 0 aromatic heterocycles. The summed E-state index contributed by atoms with van der Waals surface area (Å²) in [5, 5.41) is 0.0778. The second-order valence-electron chi connectivity index (χ2n) is 3.84. The van der Waals surface area contributed by atoms with Crippen LogP contribution in [0, 0.1) is 12.7 Å². The Morgan fingerprint density at radius 3 is 2.59 bits per heavy atom. The maximum Gasteiger partial charge on any atom is 0.150 e. The highest BCUT2D eigenvalue weighted by molar-refractivity contribution is 6.30. The predicted octanol–water partition coefficient (Wildman–Crippen LogP) is 4.27. The zero-order valence-electron chi connectivity index (χ0n) is 9.21. The van der Waals surface area contributed by atoms with E-state index >= 15 is 0 Å². The fourth-order valence-electron chi connectivity index (χ4n) is 1.69. The first-order valence-electron chi connectivity index (χ1n) is 5.13. The Morgan fingerprint density at radius 2 is 1.94 bits per heavy atom. The molecular weight excluding hydrogens is 239 g/mol.